The predicted molar refractivity (Wildman–Crippen MR) is 55.3 cm³/mol. The van der Waals surface area contributed by atoms with Gasteiger partial charge in [-0.05, 0) is 25.7 Å². The van der Waals surface area contributed by atoms with Gasteiger partial charge in [-0.1, -0.05) is 5.21 Å². The van der Waals surface area contributed by atoms with E-state index in [0.29, 0.717) is 5.69 Å². The van der Waals surface area contributed by atoms with E-state index in [4.69, 9.17) is 5.73 Å². The maximum atomic E-state index is 12.0. The number of aryl methyl sites for hydroxylation is 1. The van der Waals surface area contributed by atoms with Crippen molar-refractivity contribution in [1.29, 1.82) is 0 Å². The number of nitrogens with zero attached hydrogens (tertiary/aromatic N) is 3. The molecule has 5 heteroatoms. The molecule has 0 saturated heterocycles. The Bertz CT molecular complexity index is 352. The average Bonchev–Trinajstić information content (AvgIpc) is 2.65. The van der Waals surface area contributed by atoms with Crippen molar-refractivity contribution in [3.8, 4) is 0 Å². The van der Waals surface area contributed by atoms with E-state index in [2.05, 4.69) is 10.3 Å². The lowest BCUT2D eigenvalue weighted by atomic mass is 9.83. The number of ketones is 1. The number of hydrogen-bond donors (Lipinski definition) is 1. The van der Waals surface area contributed by atoms with E-state index in [9.17, 15) is 4.79 Å². The summed E-state index contributed by atoms with van der Waals surface area (Å²) in [7, 11) is 1.76. The smallest absolute Gasteiger partial charge is 0.187 e. The fourth-order valence-electron chi connectivity index (χ4n) is 2.05. The van der Waals surface area contributed by atoms with Crippen molar-refractivity contribution in [1.82, 2.24) is 15.0 Å². The number of nitrogens with two attached hydrogens (primary N) is 1. The monoisotopic (exact) mass is 208 g/mol. The minimum Gasteiger partial charge on any atom is -0.328 e. The van der Waals surface area contributed by atoms with Gasteiger partial charge in [0.2, 0.25) is 0 Å². The third-order valence-corrected chi connectivity index (χ3v) is 3.00. The molecule has 1 saturated carbocycles. The van der Waals surface area contributed by atoms with Gasteiger partial charge in [-0.25, -0.2) is 0 Å². The van der Waals surface area contributed by atoms with Crippen LogP contribution < -0.4 is 5.73 Å². The number of carbonyl (C=O) groups is 1. The van der Waals surface area contributed by atoms with E-state index in [0.717, 1.165) is 25.7 Å². The standard InChI is InChI=1S/C10H16N4O/c1-14-6-9(12-13-14)10(15)7-2-4-8(11)5-3-7/h6-8H,2-5,11H2,1H3. The summed E-state index contributed by atoms with van der Waals surface area (Å²) < 4.78 is 1.56. The molecule has 0 atom stereocenters. The van der Waals surface area contributed by atoms with Crippen LogP contribution in [0.15, 0.2) is 6.20 Å². The number of rotatable bonds is 2. The minimum atomic E-state index is 0.0986. The van der Waals surface area contributed by atoms with Crippen molar-refractivity contribution in [2.45, 2.75) is 31.7 Å². The van der Waals surface area contributed by atoms with E-state index >= 15 is 0 Å². The summed E-state index contributed by atoms with van der Waals surface area (Å²) in [5.41, 5.74) is 6.28. The Labute approximate surface area is 88.6 Å². The molecular weight excluding hydrogens is 192 g/mol. The van der Waals surface area contributed by atoms with Crippen LogP contribution >= 0.6 is 0 Å². The van der Waals surface area contributed by atoms with Gasteiger partial charge >= 0.3 is 0 Å². The van der Waals surface area contributed by atoms with Crippen LogP contribution in [0.4, 0.5) is 0 Å². The summed E-state index contributed by atoms with van der Waals surface area (Å²) >= 11 is 0. The molecule has 0 spiro atoms. The summed E-state index contributed by atoms with van der Waals surface area (Å²) in [6, 6.07) is 0.274. The van der Waals surface area contributed by atoms with Gasteiger partial charge in [0, 0.05) is 19.0 Å². The van der Waals surface area contributed by atoms with Gasteiger partial charge in [0.25, 0.3) is 0 Å². The lowest BCUT2D eigenvalue weighted by Crippen LogP contribution is -2.30. The van der Waals surface area contributed by atoms with E-state index in [-0.39, 0.29) is 17.7 Å². The predicted octanol–water partition coefficient (Wildman–Crippen LogP) is 0.515. The van der Waals surface area contributed by atoms with Crippen LogP contribution in [-0.4, -0.2) is 26.8 Å². The fourth-order valence-corrected chi connectivity index (χ4v) is 2.05. The SMILES string of the molecule is Cn1cc(C(=O)C2CCC(N)CC2)nn1. The fraction of sp³-hybridized carbons (Fsp3) is 0.700. The average molecular weight is 208 g/mol. The summed E-state index contributed by atoms with van der Waals surface area (Å²) in [5.74, 6) is 0.219. The quantitative estimate of drug-likeness (QED) is 0.719. The third kappa shape index (κ3) is 2.23. The molecule has 0 unspecified atom stereocenters. The molecule has 5 nitrogen and oxygen atoms in total. The highest BCUT2D eigenvalue weighted by atomic mass is 16.1. The highest BCUT2D eigenvalue weighted by molar-refractivity contribution is 5.95. The Morgan fingerprint density at radius 2 is 2.13 bits per heavy atom. The van der Waals surface area contributed by atoms with Crippen LogP contribution in [0.5, 0.6) is 0 Å². The Balaban J connectivity index is 2.02. The first-order valence-electron chi connectivity index (χ1n) is 5.33. The van der Waals surface area contributed by atoms with E-state index < -0.39 is 0 Å². The normalized spacial score (nSPS) is 26.5. The van der Waals surface area contributed by atoms with Gasteiger partial charge in [0.15, 0.2) is 5.78 Å². The summed E-state index contributed by atoms with van der Waals surface area (Å²) in [4.78, 5) is 12.0. The Morgan fingerprint density at radius 3 is 2.67 bits per heavy atom. The molecule has 1 heterocycles. The van der Waals surface area contributed by atoms with Crippen molar-refractivity contribution in [2.24, 2.45) is 18.7 Å². The maximum Gasteiger partial charge on any atom is 0.187 e. The largest absolute Gasteiger partial charge is 0.328 e. The first-order chi connectivity index (χ1) is 7.16. The van der Waals surface area contributed by atoms with E-state index in [1.807, 2.05) is 0 Å². The summed E-state index contributed by atoms with van der Waals surface area (Å²) in [5, 5.41) is 7.61. The topological polar surface area (TPSA) is 73.8 Å². The molecule has 0 aliphatic heterocycles. The van der Waals surface area contributed by atoms with Crippen LogP contribution in [0, 0.1) is 5.92 Å². The third-order valence-electron chi connectivity index (χ3n) is 3.00. The van der Waals surface area contributed by atoms with Crippen molar-refractivity contribution in [2.75, 3.05) is 0 Å². The lowest BCUT2D eigenvalue weighted by molar-refractivity contribution is 0.0879. The second-order valence-corrected chi connectivity index (χ2v) is 4.25. The molecular formula is C10H16N4O. The summed E-state index contributed by atoms with van der Waals surface area (Å²) in [6.45, 7) is 0. The molecule has 2 N–H and O–H groups in total. The second-order valence-electron chi connectivity index (χ2n) is 4.25. The molecule has 1 aliphatic rings. The molecule has 15 heavy (non-hydrogen) atoms. The van der Waals surface area contributed by atoms with Gasteiger partial charge in [0.1, 0.15) is 5.69 Å². The van der Waals surface area contributed by atoms with Crippen LogP contribution in [-0.2, 0) is 7.05 Å². The molecule has 1 aliphatic carbocycles. The maximum absolute atomic E-state index is 12.0. The molecule has 2 rings (SSSR count). The van der Waals surface area contributed by atoms with Crippen molar-refractivity contribution in [3.63, 3.8) is 0 Å². The van der Waals surface area contributed by atoms with E-state index in [1.54, 1.807) is 17.9 Å². The molecule has 82 valence electrons. The van der Waals surface area contributed by atoms with Crippen molar-refractivity contribution in [3.05, 3.63) is 11.9 Å². The molecule has 1 aromatic rings. The van der Waals surface area contributed by atoms with Crippen LogP contribution in [0.25, 0.3) is 0 Å². The zero-order valence-electron chi connectivity index (χ0n) is 8.89. The van der Waals surface area contributed by atoms with Crippen LogP contribution in [0.1, 0.15) is 36.2 Å². The molecule has 0 aromatic carbocycles. The van der Waals surface area contributed by atoms with Gasteiger partial charge in [0.05, 0.1) is 6.20 Å². The number of aromatic nitrogens is 3. The highest BCUT2D eigenvalue weighted by Crippen LogP contribution is 2.25. The minimum absolute atomic E-state index is 0.0986. The van der Waals surface area contributed by atoms with Gasteiger partial charge < -0.3 is 5.73 Å². The first-order valence-corrected chi connectivity index (χ1v) is 5.33. The Kier molecular flexibility index (Phi) is 2.81. The second kappa shape index (κ2) is 4.10. The molecule has 0 amide bonds. The highest BCUT2D eigenvalue weighted by Gasteiger charge is 2.26. The number of Topliss-reactive ketones (excluding diaryl/α,β-unsaturated/α-hetero) is 1. The molecule has 1 aromatic heterocycles. The lowest BCUT2D eigenvalue weighted by Gasteiger charge is -2.24. The molecule has 1 fully saturated rings. The Hall–Kier alpha value is -1.23. The number of hydrogen-bond acceptors (Lipinski definition) is 4. The summed E-state index contributed by atoms with van der Waals surface area (Å²) in [6.07, 6.45) is 5.33. The van der Waals surface area contributed by atoms with Crippen LogP contribution in [0.2, 0.25) is 0 Å². The zero-order chi connectivity index (χ0) is 10.8. The van der Waals surface area contributed by atoms with E-state index in [1.165, 1.54) is 0 Å². The first kappa shape index (κ1) is 10.3. The number of carbonyl (C=O) groups excluding carboxylic acids is 1. The molecule has 0 radical (unpaired) electrons. The van der Waals surface area contributed by atoms with Gasteiger partial charge in [-0.2, -0.15) is 0 Å². The molecule has 0 bridgehead atoms. The van der Waals surface area contributed by atoms with Crippen LogP contribution in [0.3, 0.4) is 0 Å². The Morgan fingerprint density at radius 1 is 1.47 bits per heavy atom. The van der Waals surface area contributed by atoms with Crippen molar-refractivity contribution < 1.29 is 4.79 Å². The van der Waals surface area contributed by atoms with Crippen molar-refractivity contribution >= 4 is 5.78 Å². The zero-order valence-corrected chi connectivity index (χ0v) is 8.89. The van der Waals surface area contributed by atoms with Gasteiger partial charge in [-0.3, -0.25) is 9.48 Å². The van der Waals surface area contributed by atoms with Gasteiger partial charge in [-0.15, -0.1) is 5.10 Å².